The maximum Gasteiger partial charge on any atom is 0.338 e. The SMILES string of the molecule is O=C(COC(=O)c1cccc(N2C(=O)CCC2=O)c1)NCC(=O)Nc1ccccc1Br. The molecule has 3 rings (SSSR count). The van der Waals surface area contributed by atoms with E-state index >= 15 is 0 Å². The van der Waals surface area contributed by atoms with Gasteiger partial charge in [0.05, 0.1) is 23.5 Å². The minimum Gasteiger partial charge on any atom is -0.452 e. The van der Waals surface area contributed by atoms with Gasteiger partial charge in [-0.3, -0.25) is 24.1 Å². The molecule has 2 N–H and O–H groups in total. The average Bonchev–Trinajstić information content (AvgIpc) is 3.10. The minimum atomic E-state index is -0.797. The summed E-state index contributed by atoms with van der Waals surface area (Å²) >= 11 is 3.30. The van der Waals surface area contributed by atoms with Gasteiger partial charge in [0.2, 0.25) is 17.7 Å². The molecule has 0 bridgehead atoms. The molecule has 2 aromatic rings. The molecular formula is C21H18BrN3O6. The van der Waals surface area contributed by atoms with Crippen molar-refractivity contribution in [1.82, 2.24) is 5.32 Å². The van der Waals surface area contributed by atoms with Crippen molar-refractivity contribution in [1.29, 1.82) is 0 Å². The second-order valence-electron chi connectivity index (χ2n) is 6.55. The van der Waals surface area contributed by atoms with Crippen LogP contribution in [0, 0.1) is 0 Å². The number of imide groups is 1. The van der Waals surface area contributed by atoms with Gasteiger partial charge in [0, 0.05) is 17.3 Å². The molecule has 0 aliphatic carbocycles. The fourth-order valence-corrected chi connectivity index (χ4v) is 3.22. The molecule has 10 heteroatoms. The number of carbonyl (C=O) groups excluding carboxylic acids is 5. The number of para-hydroxylation sites is 1. The zero-order chi connectivity index (χ0) is 22.4. The van der Waals surface area contributed by atoms with Crippen LogP contribution in [0.1, 0.15) is 23.2 Å². The fourth-order valence-electron chi connectivity index (χ4n) is 2.84. The minimum absolute atomic E-state index is 0.0875. The number of amides is 4. The van der Waals surface area contributed by atoms with Crippen LogP contribution in [0.4, 0.5) is 11.4 Å². The Labute approximate surface area is 185 Å². The van der Waals surface area contributed by atoms with Crippen molar-refractivity contribution < 1.29 is 28.7 Å². The van der Waals surface area contributed by atoms with Crippen molar-refractivity contribution in [3.8, 4) is 0 Å². The second kappa shape index (κ2) is 9.98. The van der Waals surface area contributed by atoms with Gasteiger partial charge in [-0.25, -0.2) is 4.79 Å². The van der Waals surface area contributed by atoms with Crippen LogP contribution in [0.2, 0.25) is 0 Å². The lowest BCUT2D eigenvalue weighted by atomic mass is 10.2. The van der Waals surface area contributed by atoms with Gasteiger partial charge in [0.15, 0.2) is 6.61 Å². The number of nitrogens with zero attached hydrogens (tertiary/aromatic N) is 1. The van der Waals surface area contributed by atoms with Crippen molar-refractivity contribution in [2.75, 3.05) is 23.4 Å². The highest BCUT2D eigenvalue weighted by Crippen LogP contribution is 2.23. The largest absolute Gasteiger partial charge is 0.452 e. The Kier molecular flexibility index (Phi) is 7.14. The van der Waals surface area contributed by atoms with Crippen LogP contribution in [0.25, 0.3) is 0 Å². The Balaban J connectivity index is 1.48. The lowest BCUT2D eigenvalue weighted by Crippen LogP contribution is -2.35. The van der Waals surface area contributed by atoms with Crippen LogP contribution in [-0.4, -0.2) is 42.7 Å². The lowest BCUT2D eigenvalue weighted by molar-refractivity contribution is -0.126. The van der Waals surface area contributed by atoms with Gasteiger partial charge >= 0.3 is 5.97 Å². The highest BCUT2D eigenvalue weighted by atomic mass is 79.9. The van der Waals surface area contributed by atoms with E-state index in [1.54, 1.807) is 24.3 Å². The molecule has 2 aromatic carbocycles. The molecule has 1 fully saturated rings. The van der Waals surface area contributed by atoms with E-state index in [1.165, 1.54) is 24.3 Å². The van der Waals surface area contributed by atoms with Gasteiger partial charge in [-0.1, -0.05) is 18.2 Å². The summed E-state index contributed by atoms with van der Waals surface area (Å²) in [5.74, 6) is -2.57. The van der Waals surface area contributed by atoms with Crippen molar-refractivity contribution in [3.05, 3.63) is 58.6 Å². The van der Waals surface area contributed by atoms with Gasteiger partial charge in [-0.05, 0) is 46.3 Å². The van der Waals surface area contributed by atoms with Gasteiger partial charge < -0.3 is 15.4 Å². The molecule has 0 aromatic heterocycles. The number of hydrogen-bond donors (Lipinski definition) is 2. The Morgan fingerprint density at radius 3 is 2.39 bits per heavy atom. The number of halogens is 1. The van der Waals surface area contributed by atoms with Crippen LogP contribution < -0.4 is 15.5 Å². The molecular weight excluding hydrogens is 470 g/mol. The summed E-state index contributed by atoms with van der Waals surface area (Å²) < 4.78 is 5.65. The van der Waals surface area contributed by atoms with E-state index in [-0.39, 0.29) is 42.5 Å². The third-order valence-corrected chi connectivity index (χ3v) is 5.01. The molecule has 1 aliphatic heterocycles. The first-order valence-electron chi connectivity index (χ1n) is 9.29. The van der Waals surface area contributed by atoms with Crippen molar-refractivity contribution in [3.63, 3.8) is 0 Å². The summed E-state index contributed by atoms with van der Waals surface area (Å²) in [6, 6.07) is 12.9. The van der Waals surface area contributed by atoms with Crippen LogP contribution in [-0.2, 0) is 23.9 Å². The molecule has 1 aliphatic rings. The van der Waals surface area contributed by atoms with E-state index in [9.17, 15) is 24.0 Å². The van der Waals surface area contributed by atoms with Crippen LogP contribution >= 0.6 is 15.9 Å². The monoisotopic (exact) mass is 487 g/mol. The highest BCUT2D eigenvalue weighted by Gasteiger charge is 2.30. The maximum absolute atomic E-state index is 12.2. The summed E-state index contributed by atoms with van der Waals surface area (Å²) in [4.78, 5) is 60.7. The fraction of sp³-hybridized carbons (Fsp3) is 0.190. The first-order chi connectivity index (χ1) is 14.8. The molecule has 31 heavy (non-hydrogen) atoms. The van der Waals surface area contributed by atoms with Crippen molar-refractivity contribution >= 4 is 56.9 Å². The molecule has 160 valence electrons. The number of ether oxygens (including phenoxy) is 1. The topological polar surface area (TPSA) is 122 Å². The standard InChI is InChI=1S/C21H18BrN3O6/c22-15-6-1-2-7-16(15)24-17(26)11-23-18(27)12-31-21(30)13-4-3-5-14(10-13)25-19(28)8-9-20(25)29/h1-7,10H,8-9,11-12H2,(H,23,27)(H,24,26). The molecule has 4 amide bonds. The molecule has 0 unspecified atom stereocenters. The van der Waals surface area contributed by atoms with Crippen LogP contribution in [0.15, 0.2) is 53.0 Å². The van der Waals surface area contributed by atoms with E-state index in [4.69, 9.17) is 4.74 Å². The van der Waals surface area contributed by atoms with E-state index in [1.807, 2.05) is 0 Å². The van der Waals surface area contributed by atoms with Crippen molar-refractivity contribution in [2.45, 2.75) is 12.8 Å². The van der Waals surface area contributed by atoms with Gasteiger partial charge in [-0.15, -0.1) is 0 Å². The molecule has 1 saturated heterocycles. The third kappa shape index (κ3) is 5.76. The molecule has 0 saturated carbocycles. The maximum atomic E-state index is 12.2. The number of esters is 1. The van der Waals surface area contributed by atoms with Gasteiger partial charge in [0.25, 0.3) is 5.91 Å². The first kappa shape index (κ1) is 22.2. The number of carbonyl (C=O) groups is 5. The van der Waals surface area contributed by atoms with E-state index in [2.05, 4.69) is 26.6 Å². The van der Waals surface area contributed by atoms with Gasteiger partial charge in [0.1, 0.15) is 0 Å². The zero-order valence-electron chi connectivity index (χ0n) is 16.2. The number of hydrogen-bond acceptors (Lipinski definition) is 6. The third-order valence-electron chi connectivity index (χ3n) is 4.32. The summed E-state index contributed by atoms with van der Waals surface area (Å²) in [6.45, 7) is -0.890. The normalized spacial score (nSPS) is 13.1. The van der Waals surface area contributed by atoms with E-state index in [0.717, 1.165) is 4.90 Å². The lowest BCUT2D eigenvalue weighted by Gasteiger charge is -2.14. The Bertz CT molecular complexity index is 1040. The molecule has 9 nitrogen and oxygen atoms in total. The Morgan fingerprint density at radius 1 is 0.968 bits per heavy atom. The summed E-state index contributed by atoms with van der Waals surface area (Å²) in [5.41, 5.74) is 0.919. The highest BCUT2D eigenvalue weighted by molar-refractivity contribution is 9.10. The molecule has 0 atom stereocenters. The predicted molar refractivity (Wildman–Crippen MR) is 114 cm³/mol. The smallest absolute Gasteiger partial charge is 0.338 e. The van der Waals surface area contributed by atoms with E-state index in [0.29, 0.717) is 10.2 Å². The second-order valence-corrected chi connectivity index (χ2v) is 7.41. The first-order valence-corrected chi connectivity index (χ1v) is 10.1. The van der Waals surface area contributed by atoms with Crippen molar-refractivity contribution in [2.24, 2.45) is 0 Å². The molecule has 1 heterocycles. The number of benzene rings is 2. The molecule has 0 radical (unpaired) electrons. The van der Waals surface area contributed by atoms with Crippen LogP contribution in [0.3, 0.4) is 0 Å². The predicted octanol–water partition coefficient (Wildman–Crippen LogP) is 2.01. The Hall–Kier alpha value is -3.53. The number of rotatable bonds is 7. The number of anilines is 2. The summed E-state index contributed by atoms with van der Waals surface area (Å²) in [5, 5.41) is 4.98. The zero-order valence-corrected chi connectivity index (χ0v) is 17.8. The van der Waals surface area contributed by atoms with Crippen LogP contribution in [0.5, 0.6) is 0 Å². The summed E-state index contributed by atoms with van der Waals surface area (Å²) in [7, 11) is 0. The molecule has 0 spiro atoms. The Morgan fingerprint density at radius 2 is 1.68 bits per heavy atom. The average molecular weight is 488 g/mol. The van der Waals surface area contributed by atoms with E-state index < -0.39 is 24.4 Å². The number of nitrogens with one attached hydrogen (secondary N) is 2. The summed E-state index contributed by atoms with van der Waals surface area (Å²) in [6.07, 6.45) is 0.255. The quantitative estimate of drug-likeness (QED) is 0.455. The van der Waals surface area contributed by atoms with Gasteiger partial charge in [-0.2, -0.15) is 0 Å².